The van der Waals surface area contributed by atoms with Crippen LogP contribution < -0.4 is 10.6 Å². The van der Waals surface area contributed by atoms with Crippen molar-refractivity contribution in [2.75, 3.05) is 0 Å². The maximum Gasteiger partial charge on any atom is 0.303 e. The van der Waals surface area contributed by atoms with E-state index in [0.717, 1.165) is 21.6 Å². The maximum atomic E-state index is 13.2. The smallest absolute Gasteiger partial charge is 0.303 e. The van der Waals surface area contributed by atoms with Crippen LogP contribution in [0.1, 0.15) is 30.3 Å². The second-order valence-electron chi connectivity index (χ2n) is 6.91. The van der Waals surface area contributed by atoms with E-state index in [9.17, 15) is 24.6 Å². The van der Waals surface area contributed by atoms with E-state index in [2.05, 4.69) is 10.6 Å². The molecule has 156 valence electrons. The lowest BCUT2D eigenvalue weighted by molar-refractivity contribution is -0.157. The molecule has 30 heavy (non-hydrogen) atoms. The molecule has 0 aromatic heterocycles. The van der Waals surface area contributed by atoms with Crippen LogP contribution in [-0.2, 0) is 19.1 Å². The second kappa shape index (κ2) is 7.53. The fourth-order valence-electron chi connectivity index (χ4n) is 3.46. The SMILES string of the molecule is CC(=O)OC(c1ccccc1O)[C@]12NC(=O)[C@](C(O)c3ccccc3)(NC1=O)SS2. The zero-order chi connectivity index (χ0) is 21.5. The van der Waals surface area contributed by atoms with Crippen LogP contribution in [0.5, 0.6) is 5.75 Å². The summed E-state index contributed by atoms with van der Waals surface area (Å²) in [4.78, 5) is 34.8. The highest BCUT2D eigenvalue weighted by atomic mass is 33.1. The number of amides is 2. The highest BCUT2D eigenvalue weighted by molar-refractivity contribution is 8.78. The molecular weight excluding hydrogens is 428 g/mol. The Bertz CT molecular complexity index is 1020. The van der Waals surface area contributed by atoms with Crippen LogP contribution in [0, 0.1) is 0 Å². The van der Waals surface area contributed by atoms with Crippen LogP contribution in [0.25, 0.3) is 0 Å². The average Bonchev–Trinajstić information content (AvgIpc) is 2.74. The Morgan fingerprint density at radius 3 is 2.13 bits per heavy atom. The predicted octanol–water partition coefficient (Wildman–Crippen LogP) is 1.76. The molecule has 2 unspecified atom stereocenters. The van der Waals surface area contributed by atoms with E-state index in [1.54, 1.807) is 42.5 Å². The molecule has 0 spiro atoms. The van der Waals surface area contributed by atoms with Gasteiger partial charge >= 0.3 is 5.97 Å². The van der Waals surface area contributed by atoms with Gasteiger partial charge in [0.1, 0.15) is 11.9 Å². The topological polar surface area (TPSA) is 125 Å². The van der Waals surface area contributed by atoms with E-state index >= 15 is 0 Å². The van der Waals surface area contributed by atoms with E-state index in [-0.39, 0.29) is 11.3 Å². The van der Waals surface area contributed by atoms with Gasteiger partial charge in [-0.3, -0.25) is 14.4 Å². The molecule has 2 aromatic rings. The number of rotatable bonds is 5. The molecule has 5 rings (SSSR count). The van der Waals surface area contributed by atoms with Crippen molar-refractivity contribution in [2.45, 2.75) is 28.9 Å². The molecule has 0 aliphatic carbocycles. The van der Waals surface area contributed by atoms with Crippen LogP contribution >= 0.6 is 21.6 Å². The lowest BCUT2D eigenvalue weighted by Crippen LogP contribution is -2.78. The third-order valence-corrected chi connectivity index (χ3v) is 8.40. The quantitative estimate of drug-likeness (QED) is 0.405. The zero-order valence-electron chi connectivity index (χ0n) is 15.7. The average molecular weight is 447 g/mol. The lowest BCUT2D eigenvalue weighted by atomic mass is 9.93. The summed E-state index contributed by atoms with van der Waals surface area (Å²) in [5.74, 6) is -2.14. The summed E-state index contributed by atoms with van der Waals surface area (Å²) >= 11 is 0. The van der Waals surface area contributed by atoms with Gasteiger partial charge in [0, 0.05) is 12.5 Å². The van der Waals surface area contributed by atoms with E-state index in [4.69, 9.17) is 4.74 Å². The third-order valence-electron chi connectivity index (χ3n) is 4.95. The number of esters is 1. The molecule has 4 N–H and O–H groups in total. The van der Waals surface area contributed by atoms with Gasteiger partial charge in [-0.1, -0.05) is 48.5 Å². The number of para-hydroxylation sites is 1. The monoisotopic (exact) mass is 446 g/mol. The minimum absolute atomic E-state index is 0.175. The van der Waals surface area contributed by atoms with Crippen LogP contribution in [0.3, 0.4) is 0 Å². The first-order chi connectivity index (χ1) is 14.3. The summed E-state index contributed by atoms with van der Waals surface area (Å²) in [5.41, 5.74) is 0.641. The number of phenols is 1. The fourth-order valence-corrected chi connectivity index (χ4v) is 6.77. The van der Waals surface area contributed by atoms with Crippen molar-refractivity contribution in [2.24, 2.45) is 0 Å². The van der Waals surface area contributed by atoms with Crippen molar-refractivity contribution in [1.82, 2.24) is 10.6 Å². The molecule has 2 amide bonds. The summed E-state index contributed by atoms with van der Waals surface area (Å²) < 4.78 is 5.40. The zero-order valence-corrected chi connectivity index (χ0v) is 17.3. The Morgan fingerprint density at radius 2 is 1.53 bits per heavy atom. The van der Waals surface area contributed by atoms with Gasteiger partial charge in [-0.15, -0.1) is 0 Å². The highest BCUT2D eigenvalue weighted by Gasteiger charge is 2.68. The summed E-state index contributed by atoms with van der Waals surface area (Å²) in [6, 6.07) is 14.6. The van der Waals surface area contributed by atoms with Crippen molar-refractivity contribution in [3.05, 3.63) is 65.7 Å². The van der Waals surface area contributed by atoms with E-state index < -0.39 is 39.7 Å². The number of piperazine rings is 1. The standard InChI is InChI=1S/C20H18N2O6S2/c1-11(23)28-16(13-9-5-6-10-14(13)24)20-18(27)21-19(29-30-20,17(26)22-20)15(25)12-7-3-2-4-8-12/h2-10,15-16,24-25H,1H3,(H,21,27)(H,22,26)/t15?,16?,19-,20-/m1/s1. The largest absolute Gasteiger partial charge is 0.508 e. The van der Waals surface area contributed by atoms with Crippen molar-refractivity contribution in [1.29, 1.82) is 0 Å². The molecule has 8 nitrogen and oxygen atoms in total. The number of phenolic OH excluding ortho intramolecular Hbond substituents is 1. The van der Waals surface area contributed by atoms with Gasteiger partial charge in [-0.2, -0.15) is 0 Å². The normalized spacial score (nSPS) is 27.0. The first-order valence-corrected chi connectivity index (χ1v) is 11.2. The maximum absolute atomic E-state index is 13.2. The molecule has 3 aliphatic rings. The van der Waals surface area contributed by atoms with E-state index in [0.29, 0.717) is 5.56 Å². The number of aromatic hydroxyl groups is 1. The Labute approximate surface area is 179 Å². The third kappa shape index (κ3) is 3.11. The molecule has 3 aliphatic heterocycles. The number of aliphatic hydroxyl groups excluding tert-OH is 1. The van der Waals surface area contributed by atoms with Gasteiger partial charge in [-0.25, -0.2) is 0 Å². The Morgan fingerprint density at radius 1 is 0.967 bits per heavy atom. The molecule has 2 bridgehead atoms. The van der Waals surface area contributed by atoms with E-state index in [1.165, 1.54) is 19.1 Å². The summed E-state index contributed by atoms with van der Waals surface area (Å²) in [6.45, 7) is 1.18. The molecule has 4 atom stereocenters. The summed E-state index contributed by atoms with van der Waals surface area (Å²) in [7, 11) is 1.95. The van der Waals surface area contributed by atoms with Crippen LogP contribution in [-0.4, -0.2) is 37.7 Å². The van der Waals surface area contributed by atoms with Gasteiger partial charge in [0.15, 0.2) is 6.10 Å². The number of ether oxygens (including phenoxy) is 1. The van der Waals surface area contributed by atoms with Crippen molar-refractivity contribution < 1.29 is 29.3 Å². The summed E-state index contributed by atoms with van der Waals surface area (Å²) in [5, 5.41) is 26.5. The molecule has 3 saturated heterocycles. The first-order valence-electron chi connectivity index (χ1n) is 9.00. The number of benzene rings is 2. The Kier molecular flexibility index (Phi) is 5.16. The lowest BCUT2D eigenvalue weighted by Gasteiger charge is -2.53. The van der Waals surface area contributed by atoms with E-state index in [1.807, 2.05) is 0 Å². The van der Waals surface area contributed by atoms with Gasteiger partial charge in [0.05, 0.1) is 0 Å². The number of carbonyl (C=O) groups excluding carboxylic acids is 3. The highest BCUT2D eigenvalue weighted by Crippen LogP contribution is 2.59. The van der Waals surface area contributed by atoms with Crippen molar-refractivity contribution >= 4 is 39.4 Å². The van der Waals surface area contributed by atoms with Crippen molar-refractivity contribution in [3.8, 4) is 5.75 Å². The molecule has 0 radical (unpaired) electrons. The number of fused-ring (bicyclic) bond motifs is 3. The van der Waals surface area contributed by atoms with Gasteiger partial charge < -0.3 is 25.6 Å². The van der Waals surface area contributed by atoms with Crippen LogP contribution in [0.15, 0.2) is 54.6 Å². The summed E-state index contributed by atoms with van der Waals surface area (Å²) in [6.07, 6.45) is -2.60. The van der Waals surface area contributed by atoms with Gasteiger partial charge in [0.2, 0.25) is 9.74 Å². The van der Waals surface area contributed by atoms with Gasteiger partial charge in [0.25, 0.3) is 11.8 Å². The molecule has 2 aromatic carbocycles. The molecular formula is C20H18N2O6S2. The number of hydrogen-bond donors (Lipinski definition) is 4. The minimum atomic E-state index is -1.72. The molecule has 10 heteroatoms. The Balaban J connectivity index is 1.74. The number of aliphatic hydroxyl groups is 1. The second-order valence-corrected chi connectivity index (χ2v) is 9.53. The fraction of sp³-hybridized carbons (Fsp3) is 0.250. The van der Waals surface area contributed by atoms with Gasteiger partial charge in [-0.05, 0) is 33.2 Å². The van der Waals surface area contributed by atoms with Crippen molar-refractivity contribution in [3.63, 3.8) is 0 Å². The number of nitrogens with one attached hydrogen (secondary N) is 2. The number of carbonyl (C=O) groups is 3. The van der Waals surface area contributed by atoms with Crippen LogP contribution in [0.4, 0.5) is 0 Å². The predicted molar refractivity (Wildman–Crippen MR) is 111 cm³/mol. The first kappa shape index (κ1) is 20.6. The number of hydrogen-bond acceptors (Lipinski definition) is 8. The molecule has 0 saturated carbocycles. The minimum Gasteiger partial charge on any atom is -0.508 e. The Hall–Kier alpha value is -2.69. The van der Waals surface area contributed by atoms with Crippen LogP contribution in [0.2, 0.25) is 0 Å². The molecule has 3 heterocycles. The molecule has 3 fully saturated rings.